The minimum Gasteiger partial charge on any atom is -0.497 e. The molecular formula is C25H23ClN4O6. The molecule has 0 fully saturated rings. The molecule has 36 heavy (non-hydrogen) atoms. The Kier molecular flexibility index (Phi) is 9.24. The van der Waals surface area contributed by atoms with Crippen LogP contribution in [0.4, 0.5) is 11.4 Å². The topological polar surface area (TPSA) is 127 Å². The predicted octanol–water partition coefficient (Wildman–Crippen LogP) is 3.46. The molecule has 0 saturated carbocycles. The number of para-hydroxylation sites is 1. The number of nitrogens with zero attached hydrogens (tertiary/aromatic N) is 1. The number of nitrogens with one attached hydrogen (secondary N) is 3. The predicted molar refractivity (Wildman–Crippen MR) is 136 cm³/mol. The lowest BCUT2D eigenvalue weighted by Crippen LogP contribution is -2.32. The fraction of sp³-hybridized carbons (Fsp3) is 0.120. The quantitative estimate of drug-likeness (QED) is 0.230. The van der Waals surface area contributed by atoms with Crippen molar-refractivity contribution in [1.82, 2.24) is 5.43 Å². The van der Waals surface area contributed by atoms with Crippen LogP contribution >= 0.6 is 11.6 Å². The molecule has 0 bridgehead atoms. The Morgan fingerprint density at radius 3 is 2.25 bits per heavy atom. The van der Waals surface area contributed by atoms with Crippen LogP contribution < -0.4 is 30.3 Å². The number of anilines is 2. The molecule has 3 aromatic carbocycles. The van der Waals surface area contributed by atoms with Gasteiger partial charge < -0.3 is 24.8 Å². The minimum absolute atomic E-state index is 0.159. The average Bonchev–Trinajstić information content (AvgIpc) is 2.88. The number of rotatable bonds is 9. The highest BCUT2D eigenvalue weighted by Gasteiger charge is 2.15. The van der Waals surface area contributed by atoms with Gasteiger partial charge in [0, 0.05) is 11.4 Å². The molecule has 186 valence electrons. The number of ether oxygens (including phenoxy) is 3. The van der Waals surface area contributed by atoms with Gasteiger partial charge in [-0.1, -0.05) is 29.8 Å². The molecule has 3 N–H and O–H groups in total. The summed E-state index contributed by atoms with van der Waals surface area (Å²) in [6, 6.07) is 18.5. The zero-order valence-corrected chi connectivity index (χ0v) is 20.2. The fourth-order valence-corrected chi connectivity index (χ4v) is 3.16. The maximum absolute atomic E-state index is 12.1. The van der Waals surface area contributed by atoms with E-state index in [2.05, 4.69) is 21.2 Å². The summed E-state index contributed by atoms with van der Waals surface area (Å²) >= 11 is 6.30. The largest absolute Gasteiger partial charge is 0.497 e. The standard InChI is InChI=1S/C25H23ClN4O6/c1-34-19-10-8-18(9-11-19)29-24(32)25(33)30-27-14-16-12-20(26)23(21(13-16)35-2)36-15-22(31)28-17-6-4-3-5-7-17/h3-14H,15H2,1-2H3,(H,28,31)(H,29,32)(H,30,33)/b27-14-. The molecule has 0 radical (unpaired) electrons. The fourth-order valence-electron chi connectivity index (χ4n) is 2.89. The van der Waals surface area contributed by atoms with Crippen LogP contribution in [0.15, 0.2) is 71.8 Å². The van der Waals surface area contributed by atoms with Gasteiger partial charge in [0.1, 0.15) is 5.75 Å². The molecule has 0 aromatic heterocycles. The van der Waals surface area contributed by atoms with Gasteiger partial charge in [-0.3, -0.25) is 14.4 Å². The van der Waals surface area contributed by atoms with Crippen LogP contribution in [0.25, 0.3) is 0 Å². The molecular weight excluding hydrogens is 488 g/mol. The van der Waals surface area contributed by atoms with Gasteiger partial charge >= 0.3 is 11.8 Å². The molecule has 0 unspecified atom stereocenters. The number of carbonyl (C=O) groups is 3. The van der Waals surface area contributed by atoms with E-state index in [-0.39, 0.29) is 29.0 Å². The lowest BCUT2D eigenvalue weighted by atomic mass is 10.2. The van der Waals surface area contributed by atoms with Crippen LogP contribution in [0.2, 0.25) is 5.02 Å². The van der Waals surface area contributed by atoms with Gasteiger partial charge in [-0.2, -0.15) is 5.10 Å². The molecule has 10 nitrogen and oxygen atoms in total. The van der Waals surface area contributed by atoms with E-state index in [1.165, 1.54) is 26.5 Å². The van der Waals surface area contributed by atoms with Gasteiger partial charge in [0.25, 0.3) is 5.91 Å². The number of carbonyl (C=O) groups excluding carboxylic acids is 3. The molecule has 0 atom stereocenters. The van der Waals surface area contributed by atoms with Crippen LogP contribution in [0, 0.1) is 0 Å². The molecule has 3 rings (SSSR count). The van der Waals surface area contributed by atoms with Crippen molar-refractivity contribution in [2.45, 2.75) is 0 Å². The van der Waals surface area contributed by atoms with E-state index in [1.807, 2.05) is 6.07 Å². The lowest BCUT2D eigenvalue weighted by Gasteiger charge is -2.13. The third-order valence-electron chi connectivity index (χ3n) is 4.59. The number of hydrogen-bond acceptors (Lipinski definition) is 7. The van der Waals surface area contributed by atoms with Gasteiger partial charge in [0.2, 0.25) is 0 Å². The van der Waals surface area contributed by atoms with E-state index >= 15 is 0 Å². The summed E-state index contributed by atoms with van der Waals surface area (Å²) in [5, 5.41) is 9.08. The van der Waals surface area contributed by atoms with Crippen molar-refractivity contribution in [2.75, 3.05) is 31.5 Å². The second kappa shape index (κ2) is 12.8. The van der Waals surface area contributed by atoms with Gasteiger partial charge in [0.05, 0.1) is 25.5 Å². The number of halogens is 1. The Labute approximate surface area is 212 Å². The second-order valence-electron chi connectivity index (χ2n) is 7.12. The second-order valence-corrected chi connectivity index (χ2v) is 7.53. The van der Waals surface area contributed by atoms with Crippen LogP contribution in [0.1, 0.15) is 5.56 Å². The number of hydrazone groups is 1. The molecule has 11 heteroatoms. The monoisotopic (exact) mass is 510 g/mol. The summed E-state index contributed by atoms with van der Waals surface area (Å²) in [6.07, 6.45) is 1.28. The van der Waals surface area contributed by atoms with E-state index in [0.29, 0.717) is 22.7 Å². The van der Waals surface area contributed by atoms with Crippen molar-refractivity contribution < 1.29 is 28.6 Å². The summed E-state index contributed by atoms with van der Waals surface area (Å²) in [6.45, 7) is -0.294. The first-order chi connectivity index (χ1) is 17.4. The molecule has 0 aliphatic carbocycles. The number of benzene rings is 3. The van der Waals surface area contributed by atoms with E-state index < -0.39 is 11.8 Å². The smallest absolute Gasteiger partial charge is 0.329 e. The first kappa shape index (κ1) is 26.0. The van der Waals surface area contributed by atoms with Crippen molar-refractivity contribution in [1.29, 1.82) is 0 Å². The van der Waals surface area contributed by atoms with Crippen LogP contribution in [-0.4, -0.2) is 44.8 Å². The third kappa shape index (κ3) is 7.47. The Bertz CT molecular complexity index is 1250. The molecule has 3 aromatic rings. The summed E-state index contributed by atoms with van der Waals surface area (Å²) in [5.74, 6) is -1.21. The molecule has 0 spiro atoms. The highest BCUT2D eigenvalue weighted by atomic mass is 35.5. The summed E-state index contributed by atoms with van der Waals surface area (Å²) in [4.78, 5) is 36.2. The lowest BCUT2D eigenvalue weighted by molar-refractivity contribution is -0.136. The van der Waals surface area contributed by atoms with Gasteiger partial charge in [-0.15, -0.1) is 0 Å². The van der Waals surface area contributed by atoms with Crippen LogP contribution in [-0.2, 0) is 14.4 Å². The number of methoxy groups -OCH3 is 2. The van der Waals surface area contributed by atoms with Crippen molar-refractivity contribution in [3.05, 3.63) is 77.3 Å². The Morgan fingerprint density at radius 1 is 0.889 bits per heavy atom. The zero-order valence-electron chi connectivity index (χ0n) is 19.4. The maximum Gasteiger partial charge on any atom is 0.329 e. The Morgan fingerprint density at radius 2 is 1.58 bits per heavy atom. The van der Waals surface area contributed by atoms with Crippen molar-refractivity contribution in [2.24, 2.45) is 5.10 Å². The molecule has 0 saturated heterocycles. The molecule has 0 aliphatic rings. The van der Waals surface area contributed by atoms with Crippen molar-refractivity contribution in [3.8, 4) is 17.2 Å². The van der Waals surface area contributed by atoms with E-state index in [4.69, 9.17) is 25.8 Å². The molecule has 3 amide bonds. The Balaban J connectivity index is 1.56. The maximum atomic E-state index is 12.1. The van der Waals surface area contributed by atoms with E-state index in [0.717, 1.165) is 0 Å². The van der Waals surface area contributed by atoms with Crippen LogP contribution in [0.5, 0.6) is 17.2 Å². The van der Waals surface area contributed by atoms with Crippen LogP contribution in [0.3, 0.4) is 0 Å². The van der Waals surface area contributed by atoms with Gasteiger partial charge in [-0.25, -0.2) is 5.43 Å². The van der Waals surface area contributed by atoms with Crippen molar-refractivity contribution in [3.63, 3.8) is 0 Å². The number of amides is 3. The first-order valence-electron chi connectivity index (χ1n) is 10.5. The van der Waals surface area contributed by atoms with Crippen molar-refractivity contribution >= 4 is 46.9 Å². The summed E-state index contributed by atoms with van der Waals surface area (Å²) < 4.78 is 15.9. The summed E-state index contributed by atoms with van der Waals surface area (Å²) in [7, 11) is 2.93. The molecule has 0 heterocycles. The first-order valence-corrected chi connectivity index (χ1v) is 10.9. The number of hydrogen-bond donors (Lipinski definition) is 3. The van der Waals surface area contributed by atoms with E-state index in [1.54, 1.807) is 54.6 Å². The molecule has 0 aliphatic heterocycles. The minimum atomic E-state index is -0.968. The zero-order chi connectivity index (χ0) is 25.9. The summed E-state index contributed by atoms with van der Waals surface area (Å²) in [5.41, 5.74) is 3.64. The average molecular weight is 511 g/mol. The third-order valence-corrected chi connectivity index (χ3v) is 4.87. The van der Waals surface area contributed by atoms with E-state index in [9.17, 15) is 14.4 Å². The highest BCUT2D eigenvalue weighted by Crippen LogP contribution is 2.36. The SMILES string of the molecule is COc1ccc(NC(=O)C(=O)N/N=C\c2cc(Cl)c(OCC(=O)Nc3ccccc3)c(OC)c2)cc1. The normalized spacial score (nSPS) is 10.4. The van der Waals surface area contributed by atoms with Gasteiger partial charge in [-0.05, 0) is 54.1 Å². The van der Waals surface area contributed by atoms with Gasteiger partial charge in [0.15, 0.2) is 18.1 Å². The Hall–Kier alpha value is -4.57. The highest BCUT2D eigenvalue weighted by molar-refractivity contribution is 6.39.